The molecule has 0 fully saturated rings. The first kappa shape index (κ1) is 30.1. The summed E-state index contributed by atoms with van der Waals surface area (Å²) in [5.41, 5.74) is 11.7. The maximum absolute atomic E-state index is 6.50. The van der Waals surface area contributed by atoms with Crippen LogP contribution >= 0.6 is 0 Å². The van der Waals surface area contributed by atoms with Crippen LogP contribution in [0.5, 0.6) is 0 Å². The SMILES string of the molecule is c1ccc2c(c1)-c1cc(-c3nc(-c4ccc(-c5cccc6ccccc56)cc4)nc(-c4ccc5ccccc5c4)n3)cc3cc4oc5ccccc5c4c-2c13. The molecule has 0 radical (unpaired) electrons. The summed E-state index contributed by atoms with van der Waals surface area (Å²) in [6.07, 6.45) is 0. The van der Waals surface area contributed by atoms with Crippen LogP contribution in [-0.4, -0.2) is 15.0 Å². The molecular formula is C51H29N3O. The number of nitrogens with zero attached hydrogens (tertiary/aromatic N) is 3. The summed E-state index contributed by atoms with van der Waals surface area (Å²) in [5.74, 6) is 1.89. The van der Waals surface area contributed by atoms with Gasteiger partial charge in [-0.2, -0.15) is 0 Å². The van der Waals surface area contributed by atoms with Crippen LogP contribution < -0.4 is 0 Å². The van der Waals surface area contributed by atoms with Crippen molar-refractivity contribution in [1.29, 1.82) is 0 Å². The second-order valence-electron chi connectivity index (χ2n) is 14.4. The lowest BCUT2D eigenvalue weighted by atomic mass is 9.96. The monoisotopic (exact) mass is 699 g/mol. The van der Waals surface area contributed by atoms with Crippen LogP contribution in [0.15, 0.2) is 180 Å². The molecule has 0 bridgehead atoms. The molecule has 4 nitrogen and oxygen atoms in total. The molecule has 0 atom stereocenters. The van der Waals surface area contributed by atoms with E-state index in [0.717, 1.165) is 55.0 Å². The van der Waals surface area contributed by atoms with Gasteiger partial charge in [0.1, 0.15) is 11.2 Å². The van der Waals surface area contributed by atoms with Crippen LogP contribution in [0.1, 0.15) is 0 Å². The predicted molar refractivity (Wildman–Crippen MR) is 226 cm³/mol. The van der Waals surface area contributed by atoms with E-state index in [2.05, 4.69) is 170 Å². The van der Waals surface area contributed by atoms with Crippen molar-refractivity contribution in [2.24, 2.45) is 0 Å². The van der Waals surface area contributed by atoms with Crippen LogP contribution in [0, 0.1) is 0 Å². The Morgan fingerprint density at radius 3 is 1.76 bits per heavy atom. The van der Waals surface area contributed by atoms with Gasteiger partial charge in [0.15, 0.2) is 17.5 Å². The van der Waals surface area contributed by atoms with Crippen molar-refractivity contribution in [1.82, 2.24) is 15.0 Å². The van der Waals surface area contributed by atoms with Crippen molar-refractivity contribution in [3.05, 3.63) is 176 Å². The Bertz CT molecular complexity index is 3370. The molecule has 0 spiro atoms. The summed E-state index contributed by atoms with van der Waals surface area (Å²) in [6.45, 7) is 0. The molecule has 0 amide bonds. The molecule has 2 aromatic heterocycles. The van der Waals surface area contributed by atoms with E-state index in [-0.39, 0.29) is 0 Å². The first-order chi connectivity index (χ1) is 27.2. The molecule has 0 saturated heterocycles. The lowest BCUT2D eigenvalue weighted by Gasteiger charge is -2.12. The second kappa shape index (κ2) is 11.5. The topological polar surface area (TPSA) is 51.8 Å². The van der Waals surface area contributed by atoms with Crippen LogP contribution in [0.2, 0.25) is 0 Å². The molecule has 1 aliphatic carbocycles. The van der Waals surface area contributed by atoms with E-state index in [1.807, 2.05) is 6.07 Å². The minimum atomic E-state index is 0.625. The average Bonchev–Trinajstić information content (AvgIpc) is 3.79. The molecule has 11 aromatic rings. The van der Waals surface area contributed by atoms with Crippen molar-refractivity contribution in [3.8, 4) is 67.5 Å². The van der Waals surface area contributed by atoms with Crippen LogP contribution in [-0.2, 0) is 0 Å². The van der Waals surface area contributed by atoms with Crippen molar-refractivity contribution >= 4 is 54.3 Å². The highest BCUT2D eigenvalue weighted by Crippen LogP contribution is 2.53. The zero-order valence-electron chi connectivity index (χ0n) is 29.5. The van der Waals surface area contributed by atoms with Gasteiger partial charge in [-0.15, -0.1) is 0 Å². The highest BCUT2D eigenvalue weighted by Gasteiger charge is 2.27. The third-order valence-electron chi connectivity index (χ3n) is 11.2. The standard InChI is InChI=1S/C51H29N3O/c1-2-12-34-26-35(25-20-30(34)10-1)50-52-49(33-23-21-32(22-24-33)39-18-9-13-31-11-3-4-14-38(31)39)53-51(54-50)37-27-36-29-45-47(42-17-7-8-19-44(42)55-45)48-41-16-6-5-15-40(41)43(28-37)46(36)48/h1-29H. The molecule has 9 aromatic carbocycles. The molecule has 0 unspecified atom stereocenters. The molecule has 0 saturated carbocycles. The van der Waals surface area contributed by atoms with Gasteiger partial charge in [0.25, 0.3) is 0 Å². The number of hydrogen-bond donors (Lipinski definition) is 0. The highest BCUT2D eigenvalue weighted by molar-refractivity contribution is 6.28. The van der Waals surface area contributed by atoms with Gasteiger partial charge in [0.2, 0.25) is 0 Å². The zero-order chi connectivity index (χ0) is 36.0. The van der Waals surface area contributed by atoms with E-state index < -0.39 is 0 Å². The van der Waals surface area contributed by atoms with Gasteiger partial charge in [-0.3, -0.25) is 0 Å². The predicted octanol–water partition coefficient (Wildman–Crippen LogP) is 13.5. The number of para-hydroxylation sites is 1. The molecule has 0 aliphatic heterocycles. The average molecular weight is 700 g/mol. The normalized spacial score (nSPS) is 12.0. The smallest absolute Gasteiger partial charge is 0.164 e. The van der Waals surface area contributed by atoms with Gasteiger partial charge in [-0.25, -0.2) is 15.0 Å². The summed E-state index contributed by atoms with van der Waals surface area (Å²) in [6, 6.07) is 62.1. The Morgan fingerprint density at radius 1 is 0.309 bits per heavy atom. The molecule has 254 valence electrons. The third-order valence-corrected chi connectivity index (χ3v) is 11.2. The zero-order valence-corrected chi connectivity index (χ0v) is 29.5. The van der Waals surface area contributed by atoms with Crippen molar-refractivity contribution < 1.29 is 4.42 Å². The summed E-state index contributed by atoms with van der Waals surface area (Å²) >= 11 is 0. The van der Waals surface area contributed by atoms with Crippen molar-refractivity contribution in [2.45, 2.75) is 0 Å². The number of rotatable bonds is 4. The van der Waals surface area contributed by atoms with Gasteiger partial charge in [-0.05, 0) is 90.5 Å². The van der Waals surface area contributed by atoms with Crippen LogP contribution in [0.25, 0.3) is 122 Å². The minimum Gasteiger partial charge on any atom is -0.456 e. The largest absolute Gasteiger partial charge is 0.456 e. The quantitative estimate of drug-likeness (QED) is 0.183. The summed E-state index contributed by atoms with van der Waals surface area (Å²) in [5, 5.41) is 9.39. The molecule has 2 heterocycles. The number of hydrogen-bond acceptors (Lipinski definition) is 4. The van der Waals surface area contributed by atoms with E-state index in [0.29, 0.717) is 17.5 Å². The fourth-order valence-corrected chi connectivity index (χ4v) is 8.66. The Kier molecular flexibility index (Phi) is 6.31. The third kappa shape index (κ3) is 4.62. The molecular weight excluding hydrogens is 671 g/mol. The highest BCUT2D eigenvalue weighted by atomic mass is 16.3. The Labute approximate surface area is 316 Å². The fraction of sp³-hybridized carbons (Fsp3) is 0. The first-order valence-corrected chi connectivity index (χ1v) is 18.6. The lowest BCUT2D eigenvalue weighted by Crippen LogP contribution is -2.00. The first-order valence-electron chi connectivity index (χ1n) is 18.6. The molecule has 4 heteroatoms. The Hall–Kier alpha value is -7.43. The number of fused-ring (bicyclic) bond motifs is 9. The summed E-state index contributed by atoms with van der Waals surface area (Å²) in [4.78, 5) is 15.6. The van der Waals surface area contributed by atoms with Gasteiger partial charge in [0.05, 0.1) is 0 Å². The minimum absolute atomic E-state index is 0.625. The second-order valence-corrected chi connectivity index (χ2v) is 14.4. The summed E-state index contributed by atoms with van der Waals surface area (Å²) in [7, 11) is 0. The van der Waals surface area contributed by atoms with Crippen LogP contribution in [0.3, 0.4) is 0 Å². The van der Waals surface area contributed by atoms with E-state index in [4.69, 9.17) is 19.4 Å². The van der Waals surface area contributed by atoms with Crippen molar-refractivity contribution in [2.75, 3.05) is 0 Å². The molecule has 0 N–H and O–H groups in total. The van der Waals surface area contributed by atoms with E-state index in [1.54, 1.807) is 0 Å². The van der Waals surface area contributed by atoms with Gasteiger partial charge in [-0.1, -0.05) is 146 Å². The molecule has 12 rings (SSSR count). The van der Waals surface area contributed by atoms with E-state index in [1.165, 1.54) is 49.4 Å². The van der Waals surface area contributed by atoms with Crippen molar-refractivity contribution in [3.63, 3.8) is 0 Å². The van der Waals surface area contributed by atoms with E-state index in [9.17, 15) is 0 Å². The maximum Gasteiger partial charge on any atom is 0.164 e. The fourth-order valence-electron chi connectivity index (χ4n) is 8.66. The van der Waals surface area contributed by atoms with Gasteiger partial charge < -0.3 is 4.42 Å². The number of aromatic nitrogens is 3. The molecule has 1 aliphatic rings. The number of benzene rings is 9. The van der Waals surface area contributed by atoms with Crippen LogP contribution in [0.4, 0.5) is 0 Å². The summed E-state index contributed by atoms with van der Waals surface area (Å²) < 4.78 is 6.50. The Balaban J connectivity index is 1.07. The molecule has 55 heavy (non-hydrogen) atoms. The van der Waals surface area contributed by atoms with Gasteiger partial charge >= 0.3 is 0 Å². The van der Waals surface area contributed by atoms with E-state index >= 15 is 0 Å². The lowest BCUT2D eigenvalue weighted by molar-refractivity contribution is 0.669. The Morgan fingerprint density at radius 2 is 0.909 bits per heavy atom. The van der Waals surface area contributed by atoms with Gasteiger partial charge in [0, 0.05) is 33.0 Å². The number of furan rings is 1. The maximum atomic E-state index is 6.50.